The summed E-state index contributed by atoms with van der Waals surface area (Å²) in [6, 6.07) is 15.0. The van der Waals surface area contributed by atoms with Crippen LogP contribution in [0, 0.1) is 5.92 Å². The molecule has 2 aromatic rings. The summed E-state index contributed by atoms with van der Waals surface area (Å²) in [7, 11) is 0. The lowest BCUT2D eigenvalue weighted by Crippen LogP contribution is -2.08. The first-order chi connectivity index (χ1) is 14.6. The maximum absolute atomic E-state index is 12.4. The highest BCUT2D eigenvalue weighted by molar-refractivity contribution is 5.91. The minimum atomic E-state index is -0.332. The van der Waals surface area contributed by atoms with Gasteiger partial charge in [-0.05, 0) is 60.7 Å². The molecule has 0 aliphatic carbocycles. The first-order valence-corrected chi connectivity index (χ1v) is 11.7. The summed E-state index contributed by atoms with van der Waals surface area (Å²) < 4.78 is 11.3. The zero-order valence-corrected chi connectivity index (χ0v) is 19.0. The van der Waals surface area contributed by atoms with E-state index in [9.17, 15) is 4.79 Å². The van der Waals surface area contributed by atoms with E-state index in [2.05, 4.69) is 20.8 Å². The molecule has 164 valence electrons. The Balaban J connectivity index is 1.71. The van der Waals surface area contributed by atoms with Crippen molar-refractivity contribution in [3.05, 3.63) is 59.7 Å². The second-order valence-electron chi connectivity index (χ2n) is 8.25. The van der Waals surface area contributed by atoms with E-state index in [1.807, 2.05) is 36.4 Å². The number of carbonyl (C=O) groups excluding carboxylic acids is 1. The number of benzene rings is 2. The molecule has 1 atom stereocenters. The normalized spacial score (nSPS) is 11.8. The number of rotatable bonds is 14. The van der Waals surface area contributed by atoms with Gasteiger partial charge < -0.3 is 9.47 Å². The van der Waals surface area contributed by atoms with Crippen LogP contribution >= 0.6 is 0 Å². The van der Waals surface area contributed by atoms with Crippen molar-refractivity contribution in [3.8, 4) is 11.5 Å². The molecule has 0 aliphatic heterocycles. The van der Waals surface area contributed by atoms with Crippen LogP contribution in [0.3, 0.4) is 0 Å². The number of hydrogen-bond acceptors (Lipinski definition) is 3. The Kier molecular flexibility index (Phi) is 11.1. The van der Waals surface area contributed by atoms with Crippen LogP contribution in [0.5, 0.6) is 11.5 Å². The number of ether oxygens (including phenoxy) is 2. The van der Waals surface area contributed by atoms with E-state index in [4.69, 9.17) is 9.47 Å². The van der Waals surface area contributed by atoms with E-state index >= 15 is 0 Å². The Morgan fingerprint density at radius 3 is 2.03 bits per heavy atom. The molecule has 1 unspecified atom stereocenters. The third-order valence-corrected chi connectivity index (χ3v) is 5.52. The Hall–Kier alpha value is -2.29. The predicted molar refractivity (Wildman–Crippen MR) is 124 cm³/mol. The van der Waals surface area contributed by atoms with Gasteiger partial charge in [-0.3, -0.25) is 0 Å². The molecule has 0 aromatic heterocycles. The number of carbonyl (C=O) groups is 1. The van der Waals surface area contributed by atoms with E-state index in [0.29, 0.717) is 17.2 Å². The quantitative estimate of drug-likeness (QED) is 0.182. The van der Waals surface area contributed by atoms with E-state index in [0.717, 1.165) is 31.6 Å². The molecule has 0 saturated heterocycles. The summed E-state index contributed by atoms with van der Waals surface area (Å²) in [5.41, 5.74) is 1.82. The van der Waals surface area contributed by atoms with Crippen LogP contribution in [0.2, 0.25) is 0 Å². The maximum Gasteiger partial charge on any atom is 0.343 e. The molecule has 0 bridgehead atoms. The van der Waals surface area contributed by atoms with Crippen LogP contribution in [0.1, 0.15) is 88.1 Å². The lowest BCUT2D eigenvalue weighted by Gasteiger charge is -2.10. The molecule has 0 N–H and O–H groups in total. The topological polar surface area (TPSA) is 35.5 Å². The Morgan fingerprint density at radius 2 is 1.40 bits per heavy atom. The third kappa shape index (κ3) is 9.02. The van der Waals surface area contributed by atoms with Crippen LogP contribution in [0.4, 0.5) is 0 Å². The van der Waals surface area contributed by atoms with Gasteiger partial charge >= 0.3 is 5.97 Å². The van der Waals surface area contributed by atoms with E-state index in [1.165, 1.54) is 44.1 Å². The molecule has 2 aromatic carbocycles. The van der Waals surface area contributed by atoms with Gasteiger partial charge in [0.05, 0.1) is 12.2 Å². The van der Waals surface area contributed by atoms with Crippen LogP contribution in [0.25, 0.3) is 0 Å². The minimum absolute atomic E-state index is 0.332. The molecule has 0 spiro atoms. The molecule has 0 amide bonds. The van der Waals surface area contributed by atoms with Gasteiger partial charge in [0, 0.05) is 0 Å². The lowest BCUT2D eigenvalue weighted by atomic mass is 9.98. The van der Waals surface area contributed by atoms with Crippen molar-refractivity contribution in [3.63, 3.8) is 0 Å². The zero-order chi connectivity index (χ0) is 21.6. The average Bonchev–Trinajstić information content (AvgIpc) is 2.77. The molecule has 0 aliphatic rings. The Bertz CT molecular complexity index is 719. The van der Waals surface area contributed by atoms with Crippen LogP contribution in [-0.4, -0.2) is 12.6 Å². The fourth-order valence-corrected chi connectivity index (χ4v) is 3.34. The molecule has 0 heterocycles. The van der Waals surface area contributed by atoms with Crippen molar-refractivity contribution in [2.24, 2.45) is 5.92 Å². The van der Waals surface area contributed by atoms with Crippen molar-refractivity contribution in [1.82, 2.24) is 0 Å². The maximum atomic E-state index is 12.4. The summed E-state index contributed by atoms with van der Waals surface area (Å²) in [5.74, 6) is 1.67. The average molecular weight is 411 g/mol. The highest BCUT2D eigenvalue weighted by atomic mass is 16.5. The third-order valence-electron chi connectivity index (χ3n) is 5.52. The number of esters is 1. The van der Waals surface area contributed by atoms with Gasteiger partial charge in [0.25, 0.3) is 0 Å². The second kappa shape index (κ2) is 13.8. The summed E-state index contributed by atoms with van der Waals surface area (Å²) >= 11 is 0. The molecule has 3 nitrogen and oxygen atoms in total. The molecule has 0 radical (unpaired) electrons. The van der Waals surface area contributed by atoms with Crippen molar-refractivity contribution in [1.29, 1.82) is 0 Å². The highest BCUT2D eigenvalue weighted by Gasteiger charge is 2.09. The van der Waals surface area contributed by atoms with Crippen molar-refractivity contribution < 1.29 is 14.3 Å². The van der Waals surface area contributed by atoms with Crippen molar-refractivity contribution in [2.45, 2.75) is 78.6 Å². The fourth-order valence-electron chi connectivity index (χ4n) is 3.34. The highest BCUT2D eigenvalue weighted by Crippen LogP contribution is 2.20. The van der Waals surface area contributed by atoms with E-state index in [1.54, 1.807) is 12.1 Å². The Labute approximate surface area is 182 Å². The van der Waals surface area contributed by atoms with Crippen molar-refractivity contribution in [2.75, 3.05) is 6.61 Å². The second-order valence-corrected chi connectivity index (χ2v) is 8.25. The molecule has 30 heavy (non-hydrogen) atoms. The van der Waals surface area contributed by atoms with Gasteiger partial charge in [-0.2, -0.15) is 0 Å². The molecular formula is C27H38O3. The van der Waals surface area contributed by atoms with Gasteiger partial charge in [-0.15, -0.1) is 0 Å². The summed E-state index contributed by atoms with van der Waals surface area (Å²) in [6.45, 7) is 7.41. The molecule has 0 saturated carbocycles. The standard InChI is InChI=1S/C27H38O3/c1-4-6-7-8-9-10-11-20-29-25-16-18-26(19-17-25)30-27(28)24-14-12-23(13-15-24)21-22(3)5-2/h12-19,22H,4-11,20-21H2,1-3H3. The zero-order valence-electron chi connectivity index (χ0n) is 19.0. The van der Waals surface area contributed by atoms with Gasteiger partial charge in [0.2, 0.25) is 0 Å². The summed E-state index contributed by atoms with van der Waals surface area (Å²) in [4.78, 5) is 12.4. The minimum Gasteiger partial charge on any atom is -0.494 e. The molecule has 3 heteroatoms. The van der Waals surface area contributed by atoms with Gasteiger partial charge in [-0.1, -0.05) is 77.8 Å². The fraction of sp³-hybridized carbons (Fsp3) is 0.519. The van der Waals surface area contributed by atoms with Crippen LogP contribution < -0.4 is 9.47 Å². The van der Waals surface area contributed by atoms with Gasteiger partial charge in [0.15, 0.2) is 0 Å². The molecule has 0 fully saturated rings. The molecule has 2 rings (SSSR count). The first-order valence-electron chi connectivity index (χ1n) is 11.7. The molecular weight excluding hydrogens is 372 g/mol. The monoisotopic (exact) mass is 410 g/mol. The van der Waals surface area contributed by atoms with Crippen LogP contribution in [-0.2, 0) is 6.42 Å². The van der Waals surface area contributed by atoms with E-state index in [-0.39, 0.29) is 5.97 Å². The van der Waals surface area contributed by atoms with E-state index < -0.39 is 0 Å². The lowest BCUT2D eigenvalue weighted by molar-refractivity contribution is 0.0734. The Morgan fingerprint density at radius 1 is 0.800 bits per heavy atom. The number of hydrogen-bond donors (Lipinski definition) is 0. The largest absolute Gasteiger partial charge is 0.494 e. The smallest absolute Gasteiger partial charge is 0.343 e. The van der Waals surface area contributed by atoms with Crippen molar-refractivity contribution >= 4 is 5.97 Å². The van der Waals surface area contributed by atoms with Gasteiger partial charge in [0.1, 0.15) is 11.5 Å². The first kappa shape index (κ1) is 24.0. The van der Waals surface area contributed by atoms with Gasteiger partial charge in [-0.25, -0.2) is 4.79 Å². The SMILES string of the molecule is CCCCCCCCCOc1ccc(OC(=O)c2ccc(CC(C)CC)cc2)cc1. The predicted octanol–water partition coefficient (Wildman–Crippen LogP) is 7.62. The summed E-state index contributed by atoms with van der Waals surface area (Å²) in [5, 5.41) is 0. The summed E-state index contributed by atoms with van der Waals surface area (Å²) in [6.07, 6.45) is 11.1. The number of unbranched alkanes of at least 4 members (excludes halogenated alkanes) is 6. The van der Waals surface area contributed by atoms with Crippen LogP contribution in [0.15, 0.2) is 48.5 Å².